The van der Waals surface area contributed by atoms with Crippen molar-refractivity contribution in [2.24, 2.45) is 5.92 Å². The summed E-state index contributed by atoms with van der Waals surface area (Å²) in [5.74, 6) is 0.0227. The lowest BCUT2D eigenvalue weighted by atomic mass is 10.1. The van der Waals surface area contributed by atoms with E-state index in [2.05, 4.69) is 0 Å². The monoisotopic (exact) mass is 519 g/mol. The second kappa shape index (κ2) is 13.0. The van der Waals surface area contributed by atoms with Crippen molar-refractivity contribution in [2.75, 3.05) is 45.1 Å². The highest BCUT2D eigenvalue weighted by Gasteiger charge is 2.30. The summed E-state index contributed by atoms with van der Waals surface area (Å²) in [5, 5.41) is 11.0. The summed E-state index contributed by atoms with van der Waals surface area (Å²) in [5.41, 5.74) is 7.19. The maximum Gasteiger partial charge on any atom is 0.410 e. The minimum Gasteiger partial charge on any atom is -0.444 e. The predicted octanol–water partition coefficient (Wildman–Crippen LogP) is 2.75. The third-order valence-electron chi connectivity index (χ3n) is 5.84. The molecule has 0 radical (unpaired) electrons. The molecule has 1 saturated heterocycles. The van der Waals surface area contributed by atoms with Crippen molar-refractivity contribution in [3.63, 3.8) is 0 Å². The highest BCUT2D eigenvalue weighted by molar-refractivity contribution is 7.89. The van der Waals surface area contributed by atoms with Crippen LogP contribution in [0.2, 0.25) is 0 Å². The quantitative estimate of drug-likeness (QED) is 0.414. The normalized spacial score (nSPS) is 16.9. The standard InChI is InChI=1S/C26H37N3O6S/c1-20(2)16-29(36(32,33)25-10-6-9-22(27)15-25)18-23(30)17-28(13-11-21-7-4-3-5-8-21)26(31)35-24-12-14-34-19-24/h3-10,15,20,23-24,30H,11-14,16-19,27H2,1-2H3/t23-,24-/m0/s1. The molecule has 36 heavy (non-hydrogen) atoms. The van der Waals surface area contributed by atoms with E-state index in [4.69, 9.17) is 15.2 Å². The fourth-order valence-electron chi connectivity index (χ4n) is 4.04. The number of hydrogen-bond acceptors (Lipinski definition) is 7. The van der Waals surface area contributed by atoms with Crippen LogP contribution in [0.25, 0.3) is 0 Å². The number of carbonyl (C=O) groups excluding carboxylic acids is 1. The molecule has 1 heterocycles. The molecule has 0 aliphatic carbocycles. The summed E-state index contributed by atoms with van der Waals surface area (Å²) in [6, 6.07) is 15.8. The van der Waals surface area contributed by atoms with Crippen molar-refractivity contribution >= 4 is 21.8 Å². The van der Waals surface area contributed by atoms with E-state index in [0.717, 1.165) is 5.56 Å². The molecular weight excluding hydrogens is 482 g/mol. The smallest absolute Gasteiger partial charge is 0.410 e. The van der Waals surface area contributed by atoms with Gasteiger partial charge in [0, 0.05) is 31.7 Å². The molecule has 0 spiro atoms. The van der Waals surface area contributed by atoms with Gasteiger partial charge in [-0.25, -0.2) is 13.2 Å². The molecule has 1 aliphatic heterocycles. The van der Waals surface area contributed by atoms with Crippen LogP contribution in [0.15, 0.2) is 59.5 Å². The zero-order chi connectivity index (χ0) is 26.1. The first-order valence-electron chi connectivity index (χ1n) is 12.3. The molecule has 3 N–H and O–H groups in total. The van der Waals surface area contributed by atoms with E-state index in [1.165, 1.54) is 21.3 Å². The number of sulfonamides is 1. The van der Waals surface area contributed by atoms with Crippen LogP contribution >= 0.6 is 0 Å². The van der Waals surface area contributed by atoms with Crippen molar-refractivity contribution in [2.45, 2.75) is 43.8 Å². The van der Waals surface area contributed by atoms with Gasteiger partial charge in [-0.1, -0.05) is 50.2 Å². The Balaban J connectivity index is 1.73. The van der Waals surface area contributed by atoms with E-state index in [9.17, 15) is 18.3 Å². The summed E-state index contributed by atoms with van der Waals surface area (Å²) in [6.45, 7) is 4.99. The van der Waals surface area contributed by atoms with Crippen molar-refractivity contribution in [1.82, 2.24) is 9.21 Å². The number of nitrogens with two attached hydrogens (primary N) is 1. The number of carbonyl (C=O) groups is 1. The first-order chi connectivity index (χ1) is 17.1. The molecule has 2 aromatic carbocycles. The van der Waals surface area contributed by atoms with Gasteiger partial charge in [-0.15, -0.1) is 0 Å². The number of aliphatic hydroxyl groups is 1. The lowest BCUT2D eigenvalue weighted by Crippen LogP contribution is -2.46. The zero-order valence-corrected chi connectivity index (χ0v) is 21.8. The van der Waals surface area contributed by atoms with E-state index in [1.807, 2.05) is 44.2 Å². The number of nitrogen functional groups attached to an aromatic ring is 1. The number of ether oxygens (including phenoxy) is 2. The molecule has 1 amide bonds. The molecule has 0 saturated carbocycles. The van der Waals surface area contributed by atoms with Crippen LogP contribution in [0.1, 0.15) is 25.8 Å². The Morgan fingerprint density at radius 2 is 1.89 bits per heavy atom. The van der Waals surface area contributed by atoms with Gasteiger partial charge in [0.15, 0.2) is 0 Å². The van der Waals surface area contributed by atoms with Crippen molar-refractivity contribution in [1.29, 1.82) is 0 Å². The van der Waals surface area contributed by atoms with Gasteiger partial charge in [0.1, 0.15) is 6.10 Å². The number of nitrogens with zero attached hydrogens (tertiary/aromatic N) is 2. The molecular formula is C26H37N3O6S. The summed E-state index contributed by atoms with van der Waals surface area (Å²) >= 11 is 0. The molecule has 2 atom stereocenters. The number of anilines is 1. The third kappa shape index (κ3) is 8.19. The molecule has 2 aromatic rings. The first-order valence-corrected chi connectivity index (χ1v) is 13.7. The summed E-state index contributed by atoms with van der Waals surface area (Å²) in [7, 11) is -3.90. The summed E-state index contributed by atoms with van der Waals surface area (Å²) in [4.78, 5) is 14.5. The fourth-order valence-corrected chi connectivity index (χ4v) is 5.73. The molecule has 1 aliphatic rings. The predicted molar refractivity (Wildman–Crippen MR) is 138 cm³/mol. The second-order valence-corrected chi connectivity index (χ2v) is 11.4. The fraction of sp³-hybridized carbons (Fsp3) is 0.500. The Hall–Kier alpha value is -2.66. The Bertz CT molecular complexity index is 1070. The maximum absolute atomic E-state index is 13.4. The van der Waals surface area contributed by atoms with Gasteiger partial charge in [0.2, 0.25) is 10.0 Å². The third-order valence-corrected chi connectivity index (χ3v) is 7.66. The average Bonchev–Trinajstić information content (AvgIpc) is 3.34. The van der Waals surface area contributed by atoms with E-state index in [1.54, 1.807) is 12.1 Å². The second-order valence-electron chi connectivity index (χ2n) is 9.49. The topological polar surface area (TPSA) is 122 Å². The minimum absolute atomic E-state index is 0.0227. The van der Waals surface area contributed by atoms with Crippen LogP contribution in [0.3, 0.4) is 0 Å². The zero-order valence-electron chi connectivity index (χ0n) is 21.0. The number of aliphatic hydroxyl groups excluding tert-OH is 1. The molecule has 1 fully saturated rings. The molecule has 0 bridgehead atoms. The highest BCUT2D eigenvalue weighted by atomic mass is 32.2. The van der Waals surface area contributed by atoms with E-state index in [-0.39, 0.29) is 36.6 Å². The summed E-state index contributed by atoms with van der Waals surface area (Å²) < 4.78 is 38.9. The molecule has 10 heteroatoms. The lowest BCUT2D eigenvalue weighted by Gasteiger charge is -2.30. The largest absolute Gasteiger partial charge is 0.444 e. The number of hydrogen-bond donors (Lipinski definition) is 2. The van der Waals surface area contributed by atoms with Crippen LogP contribution in [0.4, 0.5) is 10.5 Å². The van der Waals surface area contributed by atoms with Crippen LogP contribution in [0, 0.1) is 5.92 Å². The van der Waals surface area contributed by atoms with E-state index < -0.39 is 22.2 Å². The van der Waals surface area contributed by atoms with Crippen molar-refractivity contribution < 1.29 is 27.8 Å². The van der Waals surface area contributed by atoms with E-state index in [0.29, 0.717) is 38.3 Å². The maximum atomic E-state index is 13.4. The molecule has 9 nitrogen and oxygen atoms in total. The van der Waals surface area contributed by atoms with Gasteiger partial charge in [0.25, 0.3) is 0 Å². The first kappa shape index (κ1) is 27.9. The number of rotatable bonds is 12. The molecule has 198 valence electrons. The van der Waals surface area contributed by atoms with Crippen molar-refractivity contribution in [3.05, 3.63) is 60.2 Å². The average molecular weight is 520 g/mol. The number of benzene rings is 2. The van der Waals surface area contributed by atoms with Crippen LogP contribution in [0.5, 0.6) is 0 Å². The number of amides is 1. The Kier molecular flexibility index (Phi) is 10.1. The van der Waals surface area contributed by atoms with Gasteiger partial charge >= 0.3 is 6.09 Å². The lowest BCUT2D eigenvalue weighted by molar-refractivity contribution is 0.0374. The molecule has 0 aromatic heterocycles. The SMILES string of the molecule is CC(C)CN(C[C@@H](O)CN(CCc1ccccc1)C(=O)O[C@H]1CCOC1)S(=O)(=O)c1cccc(N)c1. The summed E-state index contributed by atoms with van der Waals surface area (Å²) in [6.07, 6.45) is -0.796. The van der Waals surface area contributed by atoms with Crippen LogP contribution < -0.4 is 5.73 Å². The highest BCUT2D eigenvalue weighted by Crippen LogP contribution is 2.20. The molecule has 0 unspecified atom stereocenters. The van der Waals surface area contributed by atoms with Crippen LogP contribution in [-0.2, 0) is 25.9 Å². The van der Waals surface area contributed by atoms with Gasteiger partial charge in [0.05, 0.1) is 30.8 Å². The van der Waals surface area contributed by atoms with Gasteiger partial charge < -0.3 is 25.2 Å². The Labute approximate surface area is 213 Å². The van der Waals surface area contributed by atoms with Gasteiger partial charge in [-0.2, -0.15) is 4.31 Å². The Morgan fingerprint density at radius 1 is 1.14 bits per heavy atom. The minimum atomic E-state index is -3.90. The van der Waals surface area contributed by atoms with Crippen LogP contribution in [-0.4, -0.2) is 80.4 Å². The van der Waals surface area contributed by atoms with Gasteiger partial charge in [-0.05, 0) is 36.1 Å². The van der Waals surface area contributed by atoms with E-state index >= 15 is 0 Å². The Morgan fingerprint density at radius 3 is 2.53 bits per heavy atom. The molecule has 3 rings (SSSR count). The van der Waals surface area contributed by atoms with Crippen molar-refractivity contribution in [3.8, 4) is 0 Å². The van der Waals surface area contributed by atoms with Gasteiger partial charge in [-0.3, -0.25) is 0 Å².